The molecule has 1 unspecified atom stereocenters. The number of nitrogens with zero attached hydrogens (tertiary/aromatic N) is 1. The summed E-state index contributed by atoms with van der Waals surface area (Å²) in [4.78, 5) is 25.7. The average Bonchev–Trinajstić information content (AvgIpc) is 2.94. The van der Waals surface area contributed by atoms with Crippen LogP contribution in [0.2, 0.25) is 0 Å². The van der Waals surface area contributed by atoms with E-state index in [0.29, 0.717) is 25.9 Å². The lowest BCUT2D eigenvalue weighted by Crippen LogP contribution is -2.53. The van der Waals surface area contributed by atoms with E-state index in [1.54, 1.807) is 4.90 Å². The minimum absolute atomic E-state index is 0.0439. The minimum atomic E-state index is -0.470. The summed E-state index contributed by atoms with van der Waals surface area (Å²) in [6.45, 7) is 3.50. The van der Waals surface area contributed by atoms with Crippen LogP contribution in [0.1, 0.15) is 44.6 Å². The average molecular weight is 346 g/mol. The lowest BCUT2D eigenvalue weighted by Gasteiger charge is -2.40. The zero-order valence-corrected chi connectivity index (χ0v) is 14.7. The van der Waals surface area contributed by atoms with Gasteiger partial charge in [-0.05, 0) is 12.0 Å². The Morgan fingerprint density at radius 1 is 1.32 bits per heavy atom. The highest BCUT2D eigenvalue weighted by atomic mass is 16.6. The van der Waals surface area contributed by atoms with Crippen molar-refractivity contribution in [3.05, 3.63) is 35.9 Å². The minimum Gasteiger partial charge on any atom is -0.445 e. The second-order valence-electron chi connectivity index (χ2n) is 6.82. The van der Waals surface area contributed by atoms with Crippen molar-refractivity contribution < 1.29 is 19.1 Å². The Kier molecular flexibility index (Phi) is 5.46. The monoisotopic (exact) mass is 346 g/mol. The van der Waals surface area contributed by atoms with Gasteiger partial charge >= 0.3 is 12.2 Å². The quantitative estimate of drug-likeness (QED) is 0.886. The van der Waals surface area contributed by atoms with E-state index in [9.17, 15) is 9.59 Å². The molecule has 1 aromatic rings. The summed E-state index contributed by atoms with van der Waals surface area (Å²) < 4.78 is 11.0. The summed E-state index contributed by atoms with van der Waals surface area (Å²) >= 11 is 0. The second-order valence-corrected chi connectivity index (χ2v) is 6.82. The van der Waals surface area contributed by atoms with Gasteiger partial charge in [0.25, 0.3) is 0 Å². The number of unbranched alkanes of at least 4 members (excludes halogenated alkanes) is 1. The van der Waals surface area contributed by atoms with E-state index < -0.39 is 5.60 Å². The van der Waals surface area contributed by atoms with Gasteiger partial charge in [0.15, 0.2) is 0 Å². The molecule has 3 rings (SSSR count). The molecular weight excluding hydrogens is 320 g/mol. The molecule has 0 aromatic heterocycles. The van der Waals surface area contributed by atoms with Gasteiger partial charge < -0.3 is 19.7 Å². The first-order valence-electron chi connectivity index (χ1n) is 9.08. The number of hydrogen-bond donors (Lipinski definition) is 1. The predicted molar refractivity (Wildman–Crippen MR) is 93.1 cm³/mol. The molecule has 0 saturated carbocycles. The summed E-state index contributed by atoms with van der Waals surface area (Å²) in [5.41, 5.74) is 0.500. The molecule has 136 valence electrons. The van der Waals surface area contributed by atoms with Crippen LogP contribution in [0.4, 0.5) is 9.59 Å². The van der Waals surface area contributed by atoms with Crippen LogP contribution in [-0.2, 0) is 16.1 Å². The Balaban J connectivity index is 1.52. The standard InChI is InChI=1S/C19H26N2O4/c1-2-3-9-16-19(25-17(22)20-16)10-12-21(13-11-19)18(23)24-14-15-7-5-4-6-8-15/h4-8,16H,2-3,9-14H2,1H3,(H,20,22). The molecule has 2 amide bonds. The Labute approximate surface area is 148 Å². The number of carbonyl (C=O) groups is 2. The molecule has 0 bridgehead atoms. The number of amides is 2. The number of rotatable bonds is 5. The Morgan fingerprint density at radius 3 is 2.72 bits per heavy atom. The fourth-order valence-electron chi connectivity index (χ4n) is 3.63. The van der Waals surface area contributed by atoms with Crippen molar-refractivity contribution in [3.63, 3.8) is 0 Å². The normalized spacial score (nSPS) is 21.7. The molecule has 1 N–H and O–H groups in total. The van der Waals surface area contributed by atoms with E-state index in [4.69, 9.17) is 9.47 Å². The Morgan fingerprint density at radius 2 is 2.04 bits per heavy atom. The maximum Gasteiger partial charge on any atom is 0.410 e. The lowest BCUT2D eigenvalue weighted by atomic mass is 9.82. The molecule has 2 heterocycles. The van der Waals surface area contributed by atoms with Gasteiger partial charge in [0.1, 0.15) is 12.2 Å². The molecule has 2 saturated heterocycles. The number of ether oxygens (including phenoxy) is 2. The van der Waals surface area contributed by atoms with Crippen molar-refractivity contribution in [2.45, 2.75) is 57.3 Å². The second kappa shape index (κ2) is 7.76. The molecule has 6 heteroatoms. The smallest absolute Gasteiger partial charge is 0.410 e. The van der Waals surface area contributed by atoms with Crippen LogP contribution in [0.25, 0.3) is 0 Å². The largest absolute Gasteiger partial charge is 0.445 e. The summed E-state index contributed by atoms with van der Waals surface area (Å²) in [5, 5.41) is 2.94. The van der Waals surface area contributed by atoms with Crippen molar-refractivity contribution >= 4 is 12.2 Å². The van der Waals surface area contributed by atoms with Crippen LogP contribution in [0.5, 0.6) is 0 Å². The number of likely N-dealkylation sites (tertiary alicyclic amines) is 1. The van der Waals surface area contributed by atoms with Crippen molar-refractivity contribution in [2.75, 3.05) is 13.1 Å². The van der Waals surface area contributed by atoms with Crippen LogP contribution >= 0.6 is 0 Å². The predicted octanol–water partition coefficient (Wildman–Crippen LogP) is 3.46. The van der Waals surface area contributed by atoms with Crippen molar-refractivity contribution in [1.82, 2.24) is 10.2 Å². The SMILES string of the molecule is CCCCC1NC(=O)OC12CCN(C(=O)OCc1ccccc1)CC2. The van der Waals surface area contributed by atoms with Crippen LogP contribution in [-0.4, -0.2) is 41.8 Å². The molecule has 1 spiro atoms. The molecule has 6 nitrogen and oxygen atoms in total. The highest BCUT2D eigenvalue weighted by Gasteiger charge is 2.50. The number of nitrogens with one attached hydrogen (secondary N) is 1. The van der Waals surface area contributed by atoms with Gasteiger partial charge in [-0.25, -0.2) is 9.59 Å². The molecule has 2 fully saturated rings. The molecule has 25 heavy (non-hydrogen) atoms. The Hall–Kier alpha value is -2.24. The number of hydrogen-bond acceptors (Lipinski definition) is 4. The highest BCUT2D eigenvalue weighted by Crippen LogP contribution is 2.36. The van der Waals surface area contributed by atoms with Gasteiger partial charge in [-0.15, -0.1) is 0 Å². The first kappa shape index (κ1) is 17.6. The summed E-state index contributed by atoms with van der Waals surface area (Å²) in [7, 11) is 0. The topological polar surface area (TPSA) is 67.9 Å². The fourth-order valence-corrected chi connectivity index (χ4v) is 3.63. The van der Waals surface area contributed by atoms with E-state index in [0.717, 1.165) is 24.8 Å². The van der Waals surface area contributed by atoms with Crippen molar-refractivity contribution in [3.8, 4) is 0 Å². The summed E-state index contributed by atoms with van der Waals surface area (Å²) in [6.07, 6.45) is 3.73. The van der Waals surface area contributed by atoms with Crippen LogP contribution in [0, 0.1) is 0 Å². The van der Waals surface area contributed by atoms with E-state index in [1.807, 2.05) is 30.3 Å². The molecule has 0 aliphatic carbocycles. The maximum absolute atomic E-state index is 12.3. The third kappa shape index (κ3) is 4.06. The molecule has 2 aliphatic heterocycles. The molecule has 2 aliphatic rings. The summed E-state index contributed by atoms with van der Waals surface area (Å²) in [6, 6.07) is 9.68. The van der Waals surface area contributed by atoms with E-state index in [2.05, 4.69) is 12.2 Å². The zero-order chi connectivity index (χ0) is 17.7. The third-order valence-electron chi connectivity index (χ3n) is 5.14. The number of alkyl carbamates (subject to hydrolysis) is 1. The fraction of sp³-hybridized carbons (Fsp3) is 0.579. The molecule has 1 aromatic carbocycles. The molecule has 0 radical (unpaired) electrons. The van der Waals surface area contributed by atoms with Gasteiger partial charge in [-0.1, -0.05) is 50.1 Å². The van der Waals surface area contributed by atoms with Crippen LogP contribution < -0.4 is 5.32 Å². The van der Waals surface area contributed by atoms with Crippen molar-refractivity contribution in [2.24, 2.45) is 0 Å². The Bertz CT molecular complexity index is 597. The highest BCUT2D eigenvalue weighted by molar-refractivity contribution is 5.71. The van der Waals surface area contributed by atoms with E-state index in [-0.39, 0.29) is 24.8 Å². The number of piperidine rings is 1. The van der Waals surface area contributed by atoms with Gasteiger partial charge in [0, 0.05) is 25.9 Å². The lowest BCUT2D eigenvalue weighted by molar-refractivity contribution is -0.0202. The third-order valence-corrected chi connectivity index (χ3v) is 5.14. The van der Waals surface area contributed by atoms with Crippen molar-refractivity contribution in [1.29, 1.82) is 0 Å². The van der Waals surface area contributed by atoms with E-state index in [1.165, 1.54) is 0 Å². The first-order valence-corrected chi connectivity index (χ1v) is 9.08. The maximum atomic E-state index is 12.3. The van der Waals surface area contributed by atoms with E-state index >= 15 is 0 Å². The van der Waals surface area contributed by atoms with Crippen LogP contribution in [0.15, 0.2) is 30.3 Å². The zero-order valence-electron chi connectivity index (χ0n) is 14.7. The molecule has 1 atom stereocenters. The first-order chi connectivity index (χ1) is 12.1. The summed E-state index contributed by atoms with van der Waals surface area (Å²) in [5.74, 6) is 0. The van der Waals surface area contributed by atoms with Gasteiger partial charge in [0.05, 0.1) is 6.04 Å². The molecular formula is C19H26N2O4. The van der Waals surface area contributed by atoms with Crippen LogP contribution in [0.3, 0.4) is 0 Å². The van der Waals surface area contributed by atoms with Gasteiger partial charge in [0.2, 0.25) is 0 Å². The number of benzene rings is 1. The van der Waals surface area contributed by atoms with Gasteiger partial charge in [-0.3, -0.25) is 0 Å². The number of carbonyl (C=O) groups excluding carboxylic acids is 2. The van der Waals surface area contributed by atoms with Gasteiger partial charge in [-0.2, -0.15) is 0 Å².